The van der Waals surface area contributed by atoms with Crippen LogP contribution in [-0.2, 0) is 4.79 Å². The minimum Gasteiger partial charge on any atom is -0.394 e. The molecular formula is C61H119NO4. The highest BCUT2D eigenvalue weighted by Gasteiger charge is 2.20. The summed E-state index contributed by atoms with van der Waals surface area (Å²) < 4.78 is 0. The summed E-state index contributed by atoms with van der Waals surface area (Å²) in [5, 5.41) is 33.4. The van der Waals surface area contributed by atoms with E-state index in [0.717, 1.165) is 32.1 Å². The molecule has 1 amide bonds. The van der Waals surface area contributed by atoms with Crippen LogP contribution in [0.2, 0.25) is 0 Å². The lowest BCUT2D eigenvalue weighted by Crippen LogP contribution is -2.45. The van der Waals surface area contributed by atoms with E-state index in [2.05, 4.69) is 31.3 Å². The minimum absolute atomic E-state index is 0.0105. The molecule has 4 N–H and O–H groups in total. The van der Waals surface area contributed by atoms with Crippen molar-refractivity contribution in [3.8, 4) is 0 Å². The molecule has 0 rings (SSSR count). The maximum atomic E-state index is 12.5. The van der Waals surface area contributed by atoms with Gasteiger partial charge in [-0.25, -0.2) is 0 Å². The summed E-state index contributed by atoms with van der Waals surface area (Å²) in [6.45, 7) is 4.24. The summed E-state index contributed by atoms with van der Waals surface area (Å²) in [4.78, 5) is 12.5. The average molecular weight is 931 g/mol. The van der Waals surface area contributed by atoms with Crippen molar-refractivity contribution in [2.45, 2.75) is 353 Å². The molecule has 66 heavy (non-hydrogen) atoms. The molecule has 5 nitrogen and oxygen atoms in total. The number of allylic oxidation sites excluding steroid dienone is 3. The molecule has 0 saturated heterocycles. The normalized spacial score (nSPS) is 13.3. The summed E-state index contributed by atoms with van der Waals surface area (Å²) >= 11 is 0. The number of carbonyl (C=O) groups excluding carboxylic acids is 1. The Balaban J connectivity index is 3.49. The van der Waals surface area contributed by atoms with Crippen molar-refractivity contribution >= 4 is 5.91 Å². The van der Waals surface area contributed by atoms with Gasteiger partial charge in [0, 0.05) is 0 Å². The zero-order valence-electron chi connectivity index (χ0n) is 44.9. The predicted octanol–water partition coefficient (Wildman–Crippen LogP) is 18.8. The molecule has 5 heteroatoms. The Hall–Kier alpha value is -1.17. The van der Waals surface area contributed by atoms with Gasteiger partial charge in [-0.05, 0) is 32.1 Å². The number of rotatable bonds is 56. The first-order chi connectivity index (χ1) is 32.5. The van der Waals surface area contributed by atoms with E-state index < -0.39 is 18.2 Å². The molecule has 0 bridgehead atoms. The van der Waals surface area contributed by atoms with E-state index in [1.807, 2.05) is 6.08 Å². The summed E-state index contributed by atoms with van der Waals surface area (Å²) in [6, 6.07) is -0.759. The highest BCUT2D eigenvalue weighted by atomic mass is 16.3. The Morgan fingerprint density at radius 1 is 0.379 bits per heavy atom. The van der Waals surface area contributed by atoms with E-state index >= 15 is 0 Å². The van der Waals surface area contributed by atoms with Gasteiger partial charge < -0.3 is 20.6 Å². The number of unbranched alkanes of at least 4 members (excludes halogenated alkanes) is 45. The number of nitrogens with one attached hydrogen (secondary N) is 1. The van der Waals surface area contributed by atoms with Crippen LogP contribution in [0.3, 0.4) is 0 Å². The Morgan fingerprint density at radius 3 is 0.970 bits per heavy atom. The highest BCUT2D eigenvalue weighted by Crippen LogP contribution is 2.18. The van der Waals surface area contributed by atoms with Crippen LogP contribution in [0.15, 0.2) is 24.3 Å². The molecule has 392 valence electrons. The number of hydrogen-bond donors (Lipinski definition) is 4. The number of amides is 1. The SMILES string of the molecule is CCCCCCCCCCCCCC/C=C/CC/C=C/C(O)C(CO)NC(=O)CC(O)CCCCCCCCCCCCCCCCCCCCCCCCCCCCCCCCCCC. The molecule has 0 aliphatic heterocycles. The fraction of sp³-hybridized carbons (Fsp3) is 0.918. The Bertz CT molecular complexity index is 982. The maximum Gasteiger partial charge on any atom is 0.222 e. The Morgan fingerprint density at radius 2 is 0.652 bits per heavy atom. The fourth-order valence-corrected chi connectivity index (χ4v) is 9.66. The summed E-state index contributed by atoms with van der Waals surface area (Å²) in [7, 11) is 0. The lowest BCUT2D eigenvalue weighted by molar-refractivity contribution is -0.124. The van der Waals surface area contributed by atoms with Crippen molar-refractivity contribution in [1.82, 2.24) is 5.32 Å². The van der Waals surface area contributed by atoms with Crippen molar-refractivity contribution in [3.63, 3.8) is 0 Å². The second kappa shape index (κ2) is 56.4. The van der Waals surface area contributed by atoms with Gasteiger partial charge in [-0.15, -0.1) is 0 Å². The van der Waals surface area contributed by atoms with Gasteiger partial charge in [0.2, 0.25) is 5.91 Å². The number of aliphatic hydroxyl groups is 3. The molecule has 0 aromatic heterocycles. The van der Waals surface area contributed by atoms with Gasteiger partial charge in [0.15, 0.2) is 0 Å². The molecule has 3 atom stereocenters. The fourth-order valence-electron chi connectivity index (χ4n) is 9.66. The lowest BCUT2D eigenvalue weighted by Gasteiger charge is -2.21. The molecule has 0 aliphatic rings. The van der Waals surface area contributed by atoms with Gasteiger partial charge in [-0.1, -0.05) is 321 Å². The molecule has 0 radical (unpaired) electrons. The van der Waals surface area contributed by atoms with E-state index in [9.17, 15) is 20.1 Å². The second-order valence-corrected chi connectivity index (χ2v) is 21.0. The van der Waals surface area contributed by atoms with Crippen molar-refractivity contribution in [3.05, 3.63) is 24.3 Å². The van der Waals surface area contributed by atoms with E-state index in [1.165, 1.54) is 276 Å². The number of hydrogen-bond acceptors (Lipinski definition) is 4. The third kappa shape index (κ3) is 52.2. The summed E-state index contributed by atoms with van der Waals surface area (Å²) in [5.41, 5.74) is 0. The second-order valence-electron chi connectivity index (χ2n) is 21.0. The summed E-state index contributed by atoms with van der Waals surface area (Å²) in [6.07, 6.45) is 72.5. The zero-order chi connectivity index (χ0) is 47.9. The van der Waals surface area contributed by atoms with Gasteiger partial charge in [-0.2, -0.15) is 0 Å². The van der Waals surface area contributed by atoms with Crippen molar-refractivity contribution < 1.29 is 20.1 Å². The Kier molecular flexibility index (Phi) is 55.4. The maximum absolute atomic E-state index is 12.5. The van der Waals surface area contributed by atoms with Crippen LogP contribution in [0.4, 0.5) is 0 Å². The first kappa shape index (κ1) is 64.8. The van der Waals surface area contributed by atoms with Crippen LogP contribution in [0, 0.1) is 0 Å². The standard InChI is InChI=1S/C61H119NO4/c1-3-5-7-9-11-13-15-17-19-21-23-24-25-26-27-28-29-30-31-32-33-34-35-36-37-38-40-42-44-46-48-50-52-54-58(64)56-61(66)62-59(57-63)60(65)55-53-51-49-47-45-43-41-39-22-20-18-16-14-12-10-8-6-4-2/h45,47,53,55,58-60,63-65H,3-44,46,48-52,54,56-57H2,1-2H3,(H,62,66)/b47-45+,55-53+. The molecule has 0 fully saturated rings. The summed E-state index contributed by atoms with van der Waals surface area (Å²) in [5.74, 6) is -0.319. The van der Waals surface area contributed by atoms with Gasteiger partial charge in [0.1, 0.15) is 0 Å². The Labute approximate surface area is 413 Å². The highest BCUT2D eigenvalue weighted by molar-refractivity contribution is 5.76. The molecule has 0 spiro atoms. The first-order valence-electron chi connectivity index (χ1n) is 30.1. The van der Waals surface area contributed by atoms with Crippen LogP contribution in [-0.4, -0.2) is 46.1 Å². The van der Waals surface area contributed by atoms with Gasteiger partial charge in [0.05, 0.1) is 31.3 Å². The molecule has 0 saturated carbocycles. The van der Waals surface area contributed by atoms with E-state index in [1.54, 1.807) is 6.08 Å². The quantitative estimate of drug-likeness (QED) is 0.0361. The predicted molar refractivity (Wildman–Crippen MR) is 292 cm³/mol. The smallest absolute Gasteiger partial charge is 0.222 e. The van der Waals surface area contributed by atoms with Crippen LogP contribution >= 0.6 is 0 Å². The van der Waals surface area contributed by atoms with Gasteiger partial charge >= 0.3 is 0 Å². The molecule has 0 aromatic rings. The average Bonchev–Trinajstić information content (AvgIpc) is 3.31. The molecule has 0 aromatic carbocycles. The van der Waals surface area contributed by atoms with E-state index in [4.69, 9.17) is 0 Å². The molecule has 0 aliphatic carbocycles. The van der Waals surface area contributed by atoms with Crippen LogP contribution in [0.1, 0.15) is 335 Å². The molecule has 3 unspecified atom stereocenters. The lowest BCUT2D eigenvalue weighted by atomic mass is 10.0. The third-order valence-electron chi connectivity index (χ3n) is 14.2. The monoisotopic (exact) mass is 930 g/mol. The minimum atomic E-state index is -0.950. The van der Waals surface area contributed by atoms with Gasteiger partial charge in [-0.3, -0.25) is 4.79 Å². The molecular weight excluding hydrogens is 811 g/mol. The van der Waals surface area contributed by atoms with Crippen LogP contribution < -0.4 is 5.32 Å². The van der Waals surface area contributed by atoms with E-state index in [0.29, 0.717) is 6.42 Å². The van der Waals surface area contributed by atoms with E-state index in [-0.39, 0.29) is 18.9 Å². The van der Waals surface area contributed by atoms with Crippen molar-refractivity contribution in [1.29, 1.82) is 0 Å². The first-order valence-corrected chi connectivity index (χ1v) is 30.1. The zero-order valence-corrected chi connectivity index (χ0v) is 44.9. The van der Waals surface area contributed by atoms with Crippen LogP contribution in [0.25, 0.3) is 0 Å². The van der Waals surface area contributed by atoms with Crippen molar-refractivity contribution in [2.24, 2.45) is 0 Å². The number of carbonyl (C=O) groups is 1. The third-order valence-corrected chi connectivity index (χ3v) is 14.2. The van der Waals surface area contributed by atoms with Crippen molar-refractivity contribution in [2.75, 3.05) is 6.61 Å². The van der Waals surface area contributed by atoms with Crippen LogP contribution in [0.5, 0.6) is 0 Å². The largest absolute Gasteiger partial charge is 0.394 e. The number of aliphatic hydroxyl groups excluding tert-OH is 3. The topological polar surface area (TPSA) is 89.8 Å². The van der Waals surface area contributed by atoms with Gasteiger partial charge in [0.25, 0.3) is 0 Å². The molecule has 0 heterocycles.